The van der Waals surface area contributed by atoms with Gasteiger partial charge < -0.3 is 5.11 Å². The Kier molecular flexibility index (Phi) is 4.81. The molecule has 0 amide bonds. The molecule has 0 heterocycles. The molecule has 108 valence electrons. The summed E-state index contributed by atoms with van der Waals surface area (Å²) in [5, 5.41) is 8.76. The summed E-state index contributed by atoms with van der Waals surface area (Å²) < 4.78 is 25.7. The van der Waals surface area contributed by atoms with Crippen LogP contribution in [0.5, 0.6) is 0 Å². The molecular weight excluding hydrogens is 274 g/mol. The predicted molar refractivity (Wildman–Crippen MR) is 78.4 cm³/mol. The summed E-state index contributed by atoms with van der Waals surface area (Å²) in [4.78, 5) is 0. The zero-order chi connectivity index (χ0) is 14.6. The van der Waals surface area contributed by atoms with Crippen molar-refractivity contribution in [3.8, 4) is 11.8 Å². The maximum absolute atomic E-state index is 12.2. The molecule has 0 radical (unpaired) electrons. The number of aliphatic hydroxyl groups is 1. The van der Waals surface area contributed by atoms with Gasteiger partial charge >= 0.3 is 0 Å². The van der Waals surface area contributed by atoms with Crippen molar-refractivity contribution >= 4 is 10.0 Å². The fraction of sp³-hybridized carbons (Fsp3) is 0.467. The van der Waals surface area contributed by atoms with Crippen molar-refractivity contribution in [2.24, 2.45) is 5.92 Å². The highest BCUT2D eigenvalue weighted by molar-refractivity contribution is 7.89. The van der Waals surface area contributed by atoms with Gasteiger partial charge in [0, 0.05) is 19.2 Å². The summed E-state index contributed by atoms with van der Waals surface area (Å²) in [5.41, 5.74) is 1.62. The lowest BCUT2D eigenvalue weighted by Gasteiger charge is -2.17. The van der Waals surface area contributed by atoms with E-state index in [-0.39, 0.29) is 12.4 Å². The molecule has 0 spiro atoms. The van der Waals surface area contributed by atoms with Crippen molar-refractivity contribution in [3.63, 3.8) is 0 Å². The summed E-state index contributed by atoms with van der Waals surface area (Å²) >= 11 is 0. The van der Waals surface area contributed by atoms with Crippen LogP contribution < -0.4 is 0 Å². The van der Waals surface area contributed by atoms with Gasteiger partial charge in [-0.25, -0.2) is 12.7 Å². The molecule has 5 heteroatoms. The molecule has 1 aromatic rings. The van der Waals surface area contributed by atoms with E-state index in [2.05, 4.69) is 11.8 Å². The van der Waals surface area contributed by atoms with Crippen LogP contribution in [0.1, 0.15) is 24.0 Å². The van der Waals surface area contributed by atoms with Crippen molar-refractivity contribution in [2.45, 2.75) is 19.4 Å². The Balaban J connectivity index is 2.12. The standard InChI is InChI=1S/C15H19NO3S/c1-16(20(18,19)12-13-8-9-13)11-15-6-3-2-5-14(15)7-4-10-17/h2-3,5-6,13,17H,8-12H2,1H3. The van der Waals surface area contributed by atoms with E-state index in [9.17, 15) is 8.42 Å². The Bertz CT molecular complexity index is 624. The molecule has 0 saturated heterocycles. The average molecular weight is 293 g/mol. The van der Waals surface area contributed by atoms with E-state index in [1.54, 1.807) is 7.05 Å². The number of aliphatic hydroxyl groups excluding tert-OH is 1. The first kappa shape index (κ1) is 15.0. The quantitative estimate of drug-likeness (QED) is 0.830. The topological polar surface area (TPSA) is 57.6 Å². The highest BCUT2D eigenvalue weighted by atomic mass is 32.2. The van der Waals surface area contributed by atoms with Crippen molar-refractivity contribution in [1.82, 2.24) is 4.31 Å². The first-order chi connectivity index (χ1) is 9.53. The molecule has 1 N–H and O–H groups in total. The Labute approximate surface area is 120 Å². The first-order valence-corrected chi connectivity index (χ1v) is 8.25. The molecule has 0 aliphatic heterocycles. The van der Waals surface area contributed by atoms with Gasteiger partial charge in [0.05, 0.1) is 5.75 Å². The van der Waals surface area contributed by atoms with E-state index in [4.69, 9.17) is 5.11 Å². The number of rotatable bonds is 5. The molecule has 1 saturated carbocycles. The molecule has 1 aliphatic carbocycles. The lowest BCUT2D eigenvalue weighted by Crippen LogP contribution is -2.29. The van der Waals surface area contributed by atoms with Crippen LogP contribution in [0.2, 0.25) is 0 Å². The van der Waals surface area contributed by atoms with E-state index in [1.807, 2.05) is 24.3 Å². The third kappa shape index (κ3) is 4.07. The van der Waals surface area contributed by atoms with Crippen LogP contribution in [0.15, 0.2) is 24.3 Å². The molecule has 2 rings (SSSR count). The van der Waals surface area contributed by atoms with Gasteiger partial charge in [-0.2, -0.15) is 0 Å². The van der Waals surface area contributed by atoms with Crippen LogP contribution in [0.25, 0.3) is 0 Å². The van der Waals surface area contributed by atoms with Gasteiger partial charge in [-0.1, -0.05) is 30.0 Å². The number of benzene rings is 1. The summed E-state index contributed by atoms with van der Waals surface area (Å²) in [6.45, 7) is 0.107. The van der Waals surface area contributed by atoms with Gasteiger partial charge in [0.15, 0.2) is 0 Å². The van der Waals surface area contributed by atoms with Crippen molar-refractivity contribution in [3.05, 3.63) is 35.4 Å². The van der Waals surface area contributed by atoms with Crippen molar-refractivity contribution < 1.29 is 13.5 Å². The smallest absolute Gasteiger partial charge is 0.214 e. The van der Waals surface area contributed by atoms with E-state index < -0.39 is 10.0 Å². The molecule has 1 aliphatic rings. The summed E-state index contributed by atoms with van der Waals surface area (Å²) in [6.07, 6.45) is 2.04. The minimum Gasteiger partial charge on any atom is -0.384 e. The molecule has 20 heavy (non-hydrogen) atoms. The maximum atomic E-state index is 12.2. The van der Waals surface area contributed by atoms with Crippen LogP contribution >= 0.6 is 0 Å². The lowest BCUT2D eigenvalue weighted by atomic mass is 10.1. The predicted octanol–water partition coefficient (Wildman–Crippen LogP) is 1.20. The third-order valence-corrected chi connectivity index (χ3v) is 5.30. The Morgan fingerprint density at radius 1 is 1.35 bits per heavy atom. The number of sulfonamides is 1. The molecule has 1 fully saturated rings. The van der Waals surface area contributed by atoms with Gasteiger partial charge in [-0.3, -0.25) is 0 Å². The fourth-order valence-electron chi connectivity index (χ4n) is 1.96. The molecule has 0 bridgehead atoms. The van der Waals surface area contributed by atoms with Crippen LogP contribution in [0.4, 0.5) is 0 Å². The largest absolute Gasteiger partial charge is 0.384 e. The van der Waals surface area contributed by atoms with Crippen LogP contribution in [0.3, 0.4) is 0 Å². The molecule has 4 nitrogen and oxygen atoms in total. The SMILES string of the molecule is CN(Cc1ccccc1C#CCO)S(=O)(=O)CC1CC1. The van der Waals surface area contributed by atoms with Gasteiger partial charge in [-0.15, -0.1) is 0 Å². The van der Waals surface area contributed by atoms with Crippen LogP contribution in [0, 0.1) is 17.8 Å². The zero-order valence-corrected chi connectivity index (χ0v) is 12.4. The second kappa shape index (κ2) is 6.40. The molecule has 1 aromatic carbocycles. The number of hydrogen-bond acceptors (Lipinski definition) is 3. The Morgan fingerprint density at radius 3 is 2.70 bits per heavy atom. The normalized spacial score (nSPS) is 14.9. The van der Waals surface area contributed by atoms with Gasteiger partial charge in [0.25, 0.3) is 0 Å². The maximum Gasteiger partial charge on any atom is 0.214 e. The second-order valence-corrected chi connectivity index (χ2v) is 7.22. The third-order valence-electron chi connectivity index (χ3n) is 3.33. The minimum atomic E-state index is -3.20. The lowest BCUT2D eigenvalue weighted by molar-refractivity contribution is 0.350. The van der Waals surface area contributed by atoms with E-state index in [0.717, 1.165) is 24.0 Å². The highest BCUT2D eigenvalue weighted by Crippen LogP contribution is 2.31. The van der Waals surface area contributed by atoms with Crippen molar-refractivity contribution in [2.75, 3.05) is 19.4 Å². The van der Waals surface area contributed by atoms with Gasteiger partial charge in [0.1, 0.15) is 6.61 Å². The Hall–Kier alpha value is -1.35. The minimum absolute atomic E-state index is 0.204. The van der Waals surface area contributed by atoms with Crippen molar-refractivity contribution in [1.29, 1.82) is 0 Å². The average Bonchev–Trinajstić information content (AvgIpc) is 3.21. The summed E-state index contributed by atoms with van der Waals surface area (Å²) in [6, 6.07) is 7.41. The Morgan fingerprint density at radius 2 is 2.05 bits per heavy atom. The molecule has 0 unspecified atom stereocenters. The second-order valence-electron chi connectivity index (χ2n) is 5.10. The van der Waals surface area contributed by atoms with Gasteiger partial charge in [0.2, 0.25) is 10.0 Å². The summed E-state index contributed by atoms with van der Waals surface area (Å²) in [5.74, 6) is 6.03. The van der Waals surface area contributed by atoms with E-state index in [0.29, 0.717) is 12.5 Å². The highest BCUT2D eigenvalue weighted by Gasteiger charge is 2.30. The summed E-state index contributed by atoms with van der Waals surface area (Å²) in [7, 11) is -1.59. The van der Waals surface area contributed by atoms with Gasteiger partial charge in [-0.05, 0) is 30.4 Å². The van der Waals surface area contributed by atoms with E-state index in [1.165, 1.54) is 4.31 Å². The fourth-order valence-corrected chi connectivity index (χ4v) is 3.48. The monoisotopic (exact) mass is 293 g/mol. The molecule has 0 atom stereocenters. The first-order valence-electron chi connectivity index (χ1n) is 6.64. The van der Waals surface area contributed by atoms with Crippen LogP contribution in [-0.4, -0.2) is 37.2 Å². The number of nitrogens with zero attached hydrogens (tertiary/aromatic N) is 1. The molecular formula is C15H19NO3S. The molecule has 0 aromatic heterocycles. The van der Waals surface area contributed by atoms with Crippen LogP contribution in [-0.2, 0) is 16.6 Å². The van der Waals surface area contributed by atoms with E-state index >= 15 is 0 Å². The number of hydrogen-bond donors (Lipinski definition) is 1. The zero-order valence-electron chi connectivity index (χ0n) is 11.5.